The highest BCUT2D eigenvalue weighted by Crippen LogP contribution is 2.28. The average molecular weight is 321 g/mol. The summed E-state index contributed by atoms with van der Waals surface area (Å²) in [7, 11) is 0. The van der Waals surface area contributed by atoms with Crippen molar-refractivity contribution in [2.75, 3.05) is 0 Å². The van der Waals surface area contributed by atoms with Crippen LogP contribution in [0.3, 0.4) is 0 Å². The molecule has 0 unspecified atom stereocenters. The summed E-state index contributed by atoms with van der Waals surface area (Å²) in [5, 5.41) is 22.7. The summed E-state index contributed by atoms with van der Waals surface area (Å²) in [6.07, 6.45) is 0.625. The fourth-order valence-electron chi connectivity index (χ4n) is 2.91. The number of hydrogen-bond donors (Lipinski definition) is 1. The van der Waals surface area contributed by atoms with Crippen LogP contribution >= 0.6 is 0 Å². The fourth-order valence-corrected chi connectivity index (χ4v) is 2.91. The van der Waals surface area contributed by atoms with Crippen LogP contribution < -0.4 is 0 Å². The molecule has 5 aromatic rings. The molecular formula is C14H11N9O. The van der Waals surface area contributed by atoms with Crippen LogP contribution in [0.2, 0.25) is 0 Å². The lowest BCUT2D eigenvalue weighted by atomic mass is 10.2. The maximum absolute atomic E-state index is 4.73. The minimum Gasteiger partial charge on any atom is -0.323 e. The van der Waals surface area contributed by atoms with Gasteiger partial charge in [-0.25, -0.2) is 14.6 Å². The first-order valence-electron chi connectivity index (χ1n) is 7.41. The van der Waals surface area contributed by atoms with Gasteiger partial charge in [0.1, 0.15) is 5.52 Å². The second-order valence-electron chi connectivity index (χ2n) is 5.56. The number of hydrogen-bond acceptors (Lipinski definition) is 8. The molecular weight excluding hydrogens is 310 g/mol. The van der Waals surface area contributed by atoms with Gasteiger partial charge in [0.15, 0.2) is 11.5 Å². The van der Waals surface area contributed by atoms with E-state index in [0.29, 0.717) is 30.1 Å². The first-order valence-corrected chi connectivity index (χ1v) is 7.41. The van der Waals surface area contributed by atoms with E-state index in [-0.39, 0.29) is 0 Å². The number of benzene rings is 1. The Morgan fingerprint density at radius 2 is 2.04 bits per heavy atom. The van der Waals surface area contributed by atoms with Crippen molar-refractivity contribution in [3.05, 3.63) is 29.6 Å². The number of aromatic nitrogens is 9. The highest BCUT2D eigenvalue weighted by atomic mass is 16.6. The first-order chi connectivity index (χ1) is 11.8. The van der Waals surface area contributed by atoms with Crippen LogP contribution in [0.5, 0.6) is 0 Å². The number of H-pyrrole nitrogens is 1. The summed E-state index contributed by atoms with van der Waals surface area (Å²) >= 11 is 0. The van der Waals surface area contributed by atoms with Gasteiger partial charge in [0.25, 0.3) is 0 Å². The zero-order valence-electron chi connectivity index (χ0n) is 12.6. The van der Waals surface area contributed by atoms with E-state index in [2.05, 4.69) is 63.7 Å². The fraction of sp³-hybridized carbons (Fsp3) is 0.214. The Labute approximate surface area is 133 Å². The molecule has 0 saturated heterocycles. The molecule has 1 aromatic carbocycles. The molecule has 0 spiro atoms. The summed E-state index contributed by atoms with van der Waals surface area (Å²) in [6, 6.07) is 6.23. The second kappa shape index (κ2) is 4.78. The SMILES string of the molecule is Cc1ccc2c(c1)c1nc3nonc3nc1n2CCc1nn[nH]n1. The van der Waals surface area contributed by atoms with E-state index in [1.165, 1.54) is 0 Å². The number of rotatable bonds is 3. The van der Waals surface area contributed by atoms with Gasteiger partial charge in [0.05, 0.1) is 5.52 Å². The highest BCUT2D eigenvalue weighted by molar-refractivity contribution is 6.06. The van der Waals surface area contributed by atoms with Crippen LogP contribution in [-0.2, 0) is 13.0 Å². The van der Waals surface area contributed by atoms with Gasteiger partial charge < -0.3 is 4.57 Å². The molecule has 0 aliphatic rings. The molecule has 4 aromatic heterocycles. The second-order valence-corrected chi connectivity index (χ2v) is 5.56. The van der Waals surface area contributed by atoms with Gasteiger partial charge >= 0.3 is 0 Å². The van der Waals surface area contributed by atoms with Gasteiger partial charge in [0.2, 0.25) is 11.3 Å². The number of tetrazole rings is 1. The molecule has 118 valence electrons. The molecule has 0 fully saturated rings. The zero-order valence-corrected chi connectivity index (χ0v) is 12.6. The molecule has 4 heterocycles. The molecule has 0 atom stereocenters. The van der Waals surface area contributed by atoms with Gasteiger partial charge in [-0.1, -0.05) is 16.8 Å². The maximum Gasteiger partial charge on any atom is 0.245 e. The molecule has 24 heavy (non-hydrogen) atoms. The standard InChI is InChI=1S/C14H11N9O/c1-7-2-3-9-8(6-7)11-14(16-13-12(15-11)19-24-20-13)23(9)5-4-10-17-21-22-18-10/h2-3,6H,4-5H2,1H3,(H,17,18,21,22). The number of nitrogens with zero attached hydrogens (tertiary/aromatic N) is 8. The lowest BCUT2D eigenvalue weighted by Gasteiger charge is -2.04. The van der Waals surface area contributed by atoms with E-state index in [4.69, 9.17) is 4.63 Å². The van der Waals surface area contributed by atoms with Gasteiger partial charge in [-0.05, 0) is 29.4 Å². The van der Waals surface area contributed by atoms with Gasteiger partial charge in [-0.3, -0.25) is 0 Å². The van der Waals surface area contributed by atoms with Crippen molar-refractivity contribution >= 4 is 33.4 Å². The predicted octanol–water partition coefficient (Wildman–Crippen LogP) is 1.18. The molecule has 1 N–H and O–H groups in total. The lowest BCUT2D eigenvalue weighted by Crippen LogP contribution is -2.04. The average Bonchev–Trinajstić information content (AvgIpc) is 3.30. The number of nitrogens with one attached hydrogen (secondary N) is 1. The van der Waals surface area contributed by atoms with Crippen LogP contribution in [-0.4, -0.2) is 45.5 Å². The third-order valence-electron chi connectivity index (χ3n) is 4.00. The third-order valence-corrected chi connectivity index (χ3v) is 4.00. The van der Waals surface area contributed by atoms with Crippen molar-refractivity contribution in [3.8, 4) is 0 Å². The Morgan fingerprint density at radius 1 is 1.17 bits per heavy atom. The van der Waals surface area contributed by atoms with E-state index in [1.54, 1.807) is 0 Å². The molecule has 0 amide bonds. The number of fused-ring (bicyclic) bond motifs is 4. The minimum absolute atomic E-state index is 0.392. The normalized spacial score (nSPS) is 11.9. The van der Waals surface area contributed by atoms with Crippen LogP contribution in [0.15, 0.2) is 22.8 Å². The monoisotopic (exact) mass is 321 g/mol. The largest absolute Gasteiger partial charge is 0.323 e. The van der Waals surface area contributed by atoms with Crippen molar-refractivity contribution in [1.82, 2.24) is 45.5 Å². The zero-order chi connectivity index (χ0) is 16.1. The summed E-state index contributed by atoms with van der Waals surface area (Å²) in [6.45, 7) is 2.69. The van der Waals surface area contributed by atoms with Crippen LogP contribution in [0.25, 0.3) is 33.4 Å². The third kappa shape index (κ3) is 1.86. The Hall–Kier alpha value is -3.43. The molecule has 0 radical (unpaired) electrons. The number of aromatic amines is 1. The van der Waals surface area contributed by atoms with Crippen LogP contribution in [0, 0.1) is 6.92 Å². The lowest BCUT2D eigenvalue weighted by molar-refractivity contribution is 0.314. The molecule has 0 saturated carbocycles. The Kier molecular flexibility index (Phi) is 2.60. The van der Waals surface area contributed by atoms with Crippen LogP contribution in [0.1, 0.15) is 11.4 Å². The van der Waals surface area contributed by atoms with Crippen molar-refractivity contribution in [3.63, 3.8) is 0 Å². The Morgan fingerprint density at radius 3 is 2.88 bits per heavy atom. The van der Waals surface area contributed by atoms with Gasteiger partial charge in [-0.15, -0.1) is 10.2 Å². The predicted molar refractivity (Wildman–Crippen MR) is 83.0 cm³/mol. The first kappa shape index (κ1) is 13.0. The van der Waals surface area contributed by atoms with Crippen molar-refractivity contribution in [2.45, 2.75) is 19.9 Å². The van der Waals surface area contributed by atoms with E-state index in [9.17, 15) is 0 Å². The topological polar surface area (TPSA) is 124 Å². The molecule has 10 nitrogen and oxygen atoms in total. The molecule has 0 aliphatic heterocycles. The van der Waals surface area contributed by atoms with Crippen molar-refractivity contribution < 1.29 is 4.63 Å². The maximum atomic E-state index is 4.73. The van der Waals surface area contributed by atoms with Gasteiger partial charge in [0, 0.05) is 18.4 Å². The Balaban J connectivity index is 1.77. The van der Waals surface area contributed by atoms with Crippen molar-refractivity contribution in [2.24, 2.45) is 0 Å². The summed E-state index contributed by atoms with van der Waals surface area (Å²) in [5.41, 5.74) is 4.51. The summed E-state index contributed by atoms with van der Waals surface area (Å²) in [4.78, 5) is 9.15. The van der Waals surface area contributed by atoms with Gasteiger partial charge in [-0.2, -0.15) is 5.21 Å². The van der Waals surface area contributed by atoms with E-state index in [1.807, 2.05) is 6.92 Å². The molecule has 5 rings (SSSR count). The summed E-state index contributed by atoms with van der Waals surface area (Å²) < 4.78 is 6.82. The highest BCUT2D eigenvalue weighted by Gasteiger charge is 2.17. The quantitative estimate of drug-likeness (QED) is 0.525. The molecule has 0 aliphatic carbocycles. The smallest absolute Gasteiger partial charge is 0.245 e. The van der Waals surface area contributed by atoms with E-state index >= 15 is 0 Å². The number of aryl methyl sites for hydroxylation is 3. The molecule has 0 bridgehead atoms. The summed E-state index contributed by atoms with van der Waals surface area (Å²) in [5.74, 6) is 0.647. The van der Waals surface area contributed by atoms with E-state index in [0.717, 1.165) is 27.6 Å². The minimum atomic E-state index is 0.392. The van der Waals surface area contributed by atoms with Crippen LogP contribution in [0.4, 0.5) is 0 Å². The molecule has 10 heteroatoms. The Bertz CT molecular complexity index is 1170. The van der Waals surface area contributed by atoms with E-state index < -0.39 is 0 Å². The van der Waals surface area contributed by atoms with Crippen molar-refractivity contribution in [1.29, 1.82) is 0 Å².